The molecular formula is C7H16O2S2. The van der Waals surface area contributed by atoms with Crippen LogP contribution in [0.1, 0.15) is 13.3 Å². The summed E-state index contributed by atoms with van der Waals surface area (Å²) in [4.78, 5) is 0. The second-order valence-electron chi connectivity index (χ2n) is 2.55. The molecule has 0 saturated carbocycles. The highest BCUT2D eigenvalue weighted by Gasteiger charge is 2.03. The Morgan fingerprint density at radius 3 is 2.45 bits per heavy atom. The molecule has 68 valence electrons. The van der Waals surface area contributed by atoms with Crippen molar-refractivity contribution in [2.75, 3.05) is 17.3 Å². The molecule has 0 aromatic heterocycles. The predicted molar refractivity (Wildman–Crippen MR) is 53.5 cm³/mol. The van der Waals surface area contributed by atoms with Crippen LogP contribution in [-0.2, 0) is 0 Å². The van der Waals surface area contributed by atoms with Gasteiger partial charge in [-0.25, -0.2) is 0 Å². The Hall–Kier alpha value is 0.620. The Labute approximate surface area is 77.8 Å². The maximum atomic E-state index is 9.21. The summed E-state index contributed by atoms with van der Waals surface area (Å²) >= 11 is 5.58. The van der Waals surface area contributed by atoms with Gasteiger partial charge in [0.05, 0.1) is 12.2 Å². The molecule has 0 amide bonds. The first-order valence-corrected chi connectivity index (χ1v) is 5.50. The molecule has 11 heavy (non-hydrogen) atoms. The number of aliphatic hydroxyl groups excluding tert-OH is 2. The first-order chi connectivity index (χ1) is 5.16. The van der Waals surface area contributed by atoms with Crippen LogP contribution in [0.3, 0.4) is 0 Å². The molecule has 2 N–H and O–H groups in total. The maximum absolute atomic E-state index is 9.21. The number of thiol groups is 1. The number of rotatable bonds is 6. The fourth-order valence-electron chi connectivity index (χ4n) is 0.607. The first-order valence-electron chi connectivity index (χ1n) is 3.71. The normalized spacial score (nSPS) is 16.4. The summed E-state index contributed by atoms with van der Waals surface area (Å²) in [6.07, 6.45) is 0.190. The third kappa shape index (κ3) is 8.53. The third-order valence-electron chi connectivity index (χ3n) is 1.13. The van der Waals surface area contributed by atoms with Gasteiger partial charge >= 0.3 is 0 Å². The van der Waals surface area contributed by atoms with E-state index in [1.807, 2.05) is 0 Å². The van der Waals surface area contributed by atoms with E-state index in [9.17, 15) is 5.11 Å². The van der Waals surface area contributed by atoms with Crippen molar-refractivity contribution in [3.63, 3.8) is 0 Å². The van der Waals surface area contributed by atoms with Gasteiger partial charge in [-0.3, -0.25) is 0 Å². The van der Waals surface area contributed by atoms with E-state index in [0.717, 1.165) is 12.2 Å². The number of aliphatic hydroxyl groups is 2. The molecule has 0 aromatic carbocycles. The maximum Gasteiger partial charge on any atom is 0.0638 e. The monoisotopic (exact) mass is 196 g/mol. The summed E-state index contributed by atoms with van der Waals surface area (Å²) in [7, 11) is 0. The van der Waals surface area contributed by atoms with Gasteiger partial charge in [0.25, 0.3) is 0 Å². The van der Waals surface area contributed by atoms with E-state index in [1.54, 1.807) is 18.7 Å². The molecule has 0 aliphatic rings. The second-order valence-corrected chi connectivity index (χ2v) is 4.07. The Bertz CT molecular complexity index is 88.5. The lowest BCUT2D eigenvalue weighted by atomic mass is 10.3. The lowest BCUT2D eigenvalue weighted by molar-refractivity contribution is 0.196. The molecule has 0 radical (unpaired) electrons. The summed E-state index contributed by atoms with van der Waals surface area (Å²) in [6.45, 7) is 1.75. The zero-order valence-electron chi connectivity index (χ0n) is 6.73. The van der Waals surface area contributed by atoms with Crippen LogP contribution < -0.4 is 0 Å². The summed E-state index contributed by atoms with van der Waals surface area (Å²) in [5.41, 5.74) is 0. The van der Waals surface area contributed by atoms with Gasteiger partial charge in [-0.2, -0.15) is 24.4 Å². The van der Waals surface area contributed by atoms with Gasteiger partial charge in [0.15, 0.2) is 0 Å². The van der Waals surface area contributed by atoms with Crippen LogP contribution in [0.4, 0.5) is 0 Å². The number of hydrogen-bond donors (Lipinski definition) is 3. The van der Waals surface area contributed by atoms with Gasteiger partial charge in [-0.1, -0.05) is 0 Å². The Kier molecular flexibility index (Phi) is 7.69. The smallest absolute Gasteiger partial charge is 0.0638 e. The minimum Gasteiger partial charge on any atom is -0.393 e. The number of thioether (sulfide) groups is 1. The molecule has 4 heteroatoms. The quantitative estimate of drug-likeness (QED) is 0.550. The lowest BCUT2D eigenvalue weighted by Gasteiger charge is -2.08. The minimum atomic E-state index is -0.275. The van der Waals surface area contributed by atoms with Crippen molar-refractivity contribution in [1.29, 1.82) is 0 Å². The van der Waals surface area contributed by atoms with E-state index in [-0.39, 0.29) is 12.2 Å². The average molecular weight is 196 g/mol. The Morgan fingerprint density at radius 1 is 1.36 bits per heavy atom. The van der Waals surface area contributed by atoms with Crippen molar-refractivity contribution in [3.05, 3.63) is 0 Å². The van der Waals surface area contributed by atoms with Gasteiger partial charge in [0.1, 0.15) is 0 Å². The largest absolute Gasteiger partial charge is 0.393 e. The zero-order valence-corrected chi connectivity index (χ0v) is 8.44. The van der Waals surface area contributed by atoms with Crippen molar-refractivity contribution < 1.29 is 10.2 Å². The molecule has 0 aromatic rings. The van der Waals surface area contributed by atoms with E-state index < -0.39 is 0 Å². The highest BCUT2D eigenvalue weighted by Crippen LogP contribution is 2.07. The Morgan fingerprint density at radius 2 is 2.00 bits per heavy atom. The summed E-state index contributed by atoms with van der Waals surface area (Å²) in [5, 5.41) is 18.1. The molecule has 2 atom stereocenters. The van der Waals surface area contributed by atoms with Crippen molar-refractivity contribution in [3.8, 4) is 0 Å². The molecular weight excluding hydrogens is 180 g/mol. The molecule has 0 aliphatic heterocycles. The van der Waals surface area contributed by atoms with Gasteiger partial charge in [0, 0.05) is 11.5 Å². The van der Waals surface area contributed by atoms with Crippen molar-refractivity contribution >= 4 is 24.4 Å². The van der Waals surface area contributed by atoms with Crippen LogP contribution in [0.5, 0.6) is 0 Å². The molecule has 0 heterocycles. The summed E-state index contributed by atoms with van der Waals surface area (Å²) in [5.74, 6) is 2.12. The van der Waals surface area contributed by atoms with Crippen LogP contribution in [0.15, 0.2) is 0 Å². The average Bonchev–Trinajstić information content (AvgIpc) is 1.87. The molecule has 2 unspecified atom stereocenters. The summed E-state index contributed by atoms with van der Waals surface area (Å²) < 4.78 is 0. The molecule has 0 aliphatic carbocycles. The second kappa shape index (κ2) is 7.28. The van der Waals surface area contributed by atoms with Crippen molar-refractivity contribution in [1.82, 2.24) is 0 Å². The first kappa shape index (κ1) is 11.6. The van der Waals surface area contributed by atoms with Gasteiger partial charge in [-0.15, -0.1) is 0 Å². The van der Waals surface area contributed by atoms with E-state index in [1.165, 1.54) is 0 Å². The molecule has 2 nitrogen and oxygen atoms in total. The zero-order chi connectivity index (χ0) is 8.69. The minimum absolute atomic E-state index is 0.267. The highest BCUT2D eigenvalue weighted by molar-refractivity contribution is 7.99. The van der Waals surface area contributed by atoms with Crippen LogP contribution in [0.25, 0.3) is 0 Å². The Balaban J connectivity index is 3.10. The third-order valence-corrected chi connectivity index (χ3v) is 2.73. The van der Waals surface area contributed by atoms with Crippen LogP contribution in [-0.4, -0.2) is 39.7 Å². The molecule has 0 fully saturated rings. The fraction of sp³-hybridized carbons (Fsp3) is 1.00. The molecule has 0 saturated heterocycles. The van der Waals surface area contributed by atoms with E-state index in [2.05, 4.69) is 12.6 Å². The van der Waals surface area contributed by atoms with Crippen LogP contribution >= 0.6 is 24.4 Å². The van der Waals surface area contributed by atoms with Gasteiger partial charge in [-0.05, 0) is 19.1 Å². The molecule has 0 rings (SSSR count). The number of hydrogen-bond acceptors (Lipinski definition) is 4. The predicted octanol–water partition coefficient (Wildman–Crippen LogP) is 0.781. The van der Waals surface area contributed by atoms with Gasteiger partial charge in [0.2, 0.25) is 0 Å². The topological polar surface area (TPSA) is 40.5 Å². The lowest BCUT2D eigenvalue weighted by Crippen LogP contribution is -2.13. The SMILES string of the molecule is CC(O)CSCC(O)CCS. The van der Waals surface area contributed by atoms with Crippen LogP contribution in [0, 0.1) is 0 Å². The fourth-order valence-corrected chi connectivity index (χ4v) is 1.82. The summed E-state index contributed by atoms with van der Waals surface area (Å²) in [6, 6.07) is 0. The highest BCUT2D eigenvalue weighted by atomic mass is 32.2. The van der Waals surface area contributed by atoms with Gasteiger partial charge < -0.3 is 10.2 Å². The van der Waals surface area contributed by atoms with E-state index in [0.29, 0.717) is 11.5 Å². The van der Waals surface area contributed by atoms with E-state index >= 15 is 0 Å². The van der Waals surface area contributed by atoms with Crippen molar-refractivity contribution in [2.24, 2.45) is 0 Å². The van der Waals surface area contributed by atoms with E-state index in [4.69, 9.17) is 5.11 Å². The standard InChI is InChI=1S/C7H16O2S2/c1-6(8)4-11-5-7(9)2-3-10/h6-10H,2-5H2,1H3. The molecule has 0 bridgehead atoms. The van der Waals surface area contributed by atoms with Crippen molar-refractivity contribution in [2.45, 2.75) is 25.6 Å². The molecule has 0 spiro atoms. The van der Waals surface area contributed by atoms with Crippen LogP contribution in [0.2, 0.25) is 0 Å².